The van der Waals surface area contributed by atoms with Gasteiger partial charge in [0.15, 0.2) is 0 Å². The second-order valence-electron chi connectivity index (χ2n) is 7.26. The van der Waals surface area contributed by atoms with E-state index < -0.39 is 0 Å². The quantitative estimate of drug-likeness (QED) is 0.643. The number of benzene rings is 2. The van der Waals surface area contributed by atoms with Gasteiger partial charge in [-0.15, -0.1) is 0 Å². The molecule has 0 unspecified atom stereocenters. The number of methoxy groups -OCH3 is 1. The highest BCUT2D eigenvalue weighted by molar-refractivity contribution is 6.30. The van der Waals surface area contributed by atoms with Crippen molar-refractivity contribution in [1.29, 1.82) is 0 Å². The van der Waals surface area contributed by atoms with Gasteiger partial charge in [0.2, 0.25) is 11.7 Å². The normalized spacial score (nSPS) is 16.3. The van der Waals surface area contributed by atoms with E-state index in [1.807, 2.05) is 53.4 Å². The van der Waals surface area contributed by atoms with E-state index in [0.29, 0.717) is 30.0 Å². The third-order valence-electron chi connectivity index (χ3n) is 5.18. The summed E-state index contributed by atoms with van der Waals surface area (Å²) in [6.07, 6.45) is 1.72. The third-order valence-corrected chi connectivity index (χ3v) is 5.42. The fraction of sp³-hybridized carbons (Fsp3) is 0.318. The summed E-state index contributed by atoms with van der Waals surface area (Å²) in [7, 11) is 1.62. The summed E-state index contributed by atoms with van der Waals surface area (Å²) < 4.78 is 10.6. The van der Waals surface area contributed by atoms with Crippen molar-refractivity contribution in [2.45, 2.75) is 19.4 Å². The molecule has 1 aliphatic heterocycles. The largest absolute Gasteiger partial charge is 0.497 e. The minimum atomic E-state index is -0.130. The summed E-state index contributed by atoms with van der Waals surface area (Å²) in [6.45, 7) is 1.78. The number of rotatable bonds is 6. The van der Waals surface area contributed by atoms with Gasteiger partial charge in [0.25, 0.3) is 0 Å². The van der Waals surface area contributed by atoms with E-state index in [1.165, 1.54) is 0 Å². The molecule has 7 nitrogen and oxygen atoms in total. The number of hydrogen-bond donors (Lipinski definition) is 1. The number of nitrogens with one attached hydrogen (secondary N) is 1. The minimum Gasteiger partial charge on any atom is -0.497 e. The Morgan fingerprint density at radius 1 is 1.30 bits per heavy atom. The molecule has 0 radical (unpaired) electrons. The second kappa shape index (κ2) is 9.17. The van der Waals surface area contributed by atoms with Gasteiger partial charge in [-0.05, 0) is 54.8 Å². The van der Waals surface area contributed by atoms with E-state index in [9.17, 15) is 4.79 Å². The summed E-state index contributed by atoms with van der Waals surface area (Å²) in [5, 5.41) is 7.76. The van der Waals surface area contributed by atoms with Crippen LogP contribution in [-0.4, -0.2) is 36.2 Å². The number of carbonyl (C=O) groups is 1. The van der Waals surface area contributed by atoms with Crippen molar-refractivity contribution >= 4 is 23.5 Å². The molecule has 2 aromatic carbocycles. The summed E-state index contributed by atoms with van der Waals surface area (Å²) in [4.78, 5) is 19.2. The first kappa shape index (κ1) is 20.2. The smallest absolute Gasteiger partial charge is 0.324 e. The number of hydrogen-bond acceptors (Lipinski definition) is 6. The van der Waals surface area contributed by atoms with E-state index in [-0.39, 0.29) is 11.8 Å². The molecule has 3 aromatic rings. The Bertz CT molecular complexity index is 1010. The van der Waals surface area contributed by atoms with Crippen molar-refractivity contribution in [3.63, 3.8) is 0 Å². The zero-order valence-corrected chi connectivity index (χ0v) is 17.4. The van der Waals surface area contributed by atoms with Crippen LogP contribution in [0.25, 0.3) is 11.4 Å². The van der Waals surface area contributed by atoms with Gasteiger partial charge < -0.3 is 19.5 Å². The molecule has 1 amide bonds. The molecule has 0 bridgehead atoms. The SMILES string of the molecule is COc1ccc(-c2noc(N3CCC[C@H](C(=O)NCc4cccc(Cl)c4)C3)n2)cc1. The van der Waals surface area contributed by atoms with Crippen LogP contribution in [0.1, 0.15) is 18.4 Å². The number of nitrogens with zero attached hydrogens (tertiary/aromatic N) is 3. The van der Waals surface area contributed by atoms with E-state index in [4.69, 9.17) is 20.9 Å². The van der Waals surface area contributed by atoms with Crippen LogP contribution in [-0.2, 0) is 11.3 Å². The zero-order valence-electron chi connectivity index (χ0n) is 16.7. The van der Waals surface area contributed by atoms with Crippen LogP contribution in [0.5, 0.6) is 5.75 Å². The Hall–Kier alpha value is -3.06. The molecule has 1 N–H and O–H groups in total. The fourth-order valence-electron chi connectivity index (χ4n) is 3.55. The molecule has 2 heterocycles. The summed E-state index contributed by atoms with van der Waals surface area (Å²) in [6, 6.07) is 15.4. The van der Waals surface area contributed by atoms with Crippen molar-refractivity contribution in [3.05, 3.63) is 59.1 Å². The molecule has 1 aliphatic rings. The van der Waals surface area contributed by atoms with Gasteiger partial charge in [0.1, 0.15) is 5.75 Å². The second-order valence-corrected chi connectivity index (χ2v) is 7.70. The summed E-state index contributed by atoms with van der Waals surface area (Å²) >= 11 is 6.01. The van der Waals surface area contributed by atoms with Gasteiger partial charge in [0, 0.05) is 30.2 Å². The monoisotopic (exact) mass is 426 g/mol. The number of anilines is 1. The lowest BCUT2D eigenvalue weighted by molar-refractivity contribution is -0.125. The maximum absolute atomic E-state index is 12.7. The van der Waals surface area contributed by atoms with Crippen molar-refractivity contribution in [3.8, 4) is 17.1 Å². The number of aromatic nitrogens is 2. The average Bonchev–Trinajstić information content (AvgIpc) is 3.28. The van der Waals surface area contributed by atoms with Gasteiger partial charge in [0.05, 0.1) is 13.0 Å². The van der Waals surface area contributed by atoms with E-state index in [1.54, 1.807) is 7.11 Å². The van der Waals surface area contributed by atoms with Crippen LogP contribution in [0, 0.1) is 5.92 Å². The van der Waals surface area contributed by atoms with Crippen molar-refractivity contribution in [1.82, 2.24) is 15.5 Å². The molecule has 1 atom stereocenters. The van der Waals surface area contributed by atoms with Crippen molar-refractivity contribution in [2.75, 3.05) is 25.1 Å². The average molecular weight is 427 g/mol. The molecule has 0 saturated carbocycles. The number of halogens is 1. The molecule has 1 saturated heterocycles. The third kappa shape index (κ3) is 4.74. The predicted molar refractivity (Wildman–Crippen MR) is 115 cm³/mol. The molecule has 1 fully saturated rings. The maximum atomic E-state index is 12.7. The number of piperidine rings is 1. The molecule has 0 aliphatic carbocycles. The van der Waals surface area contributed by atoms with Crippen LogP contribution in [0.4, 0.5) is 6.01 Å². The zero-order chi connectivity index (χ0) is 20.9. The van der Waals surface area contributed by atoms with Crippen molar-refractivity contribution < 1.29 is 14.1 Å². The highest BCUT2D eigenvalue weighted by atomic mass is 35.5. The van der Waals surface area contributed by atoms with Gasteiger partial charge in [-0.2, -0.15) is 4.98 Å². The highest BCUT2D eigenvalue weighted by Crippen LogP contribution is 2.26. The molecule has 30 heavy (non-hydrogen) atoms. The van der Waals surface area contributed by atoms with Crippen LogP contribution in [0.2, 0.25) is 5.02 Å². The first-order chi connectivity index (χ1) is 14.6. The van der Waals surface area contributed by atoms with Crippen LogP contribution < -0.4 is 15.0 Å². The molecular formula is C22H23ClN4O3. The first-order valence-electron chi connectivity index (χ1n) is 9.87. The molecule has 8 heteroatoms. The molecule has 156 valence electrons. The minimum absolute atomic E-state index is 0.0227. The lowest BCUT2D eigenvalue weighted by Crippen LogP contribution is -2.43. The number of amides is 1. The van der Waals surface area contributed by atoms with Gasteiger partial charge >= 0.3 is 6.01 Å². The fourth-order valence-corrected chi connectivity index (χ4v) is 3.76. The standard InChI is InChI=1S/C22H23ClN4O3/c1-29-19-9-7-16(8-10-19)20-25-22(30-26-20)27-11-3-5-17(14-27)21(28)24-13-15-4-2-6-18(23)12-15/h2,4,6-10,12,17H,3,5,11,13-14H2,1H3,(H,24,28)/t17-/m0/s1. The highest BCUT2D eigenvalue weighted by Gasteiger charge is 2.28. The number of carbonyl (C=O) groups excluding carboxylic acids is 1. The lowest BCUT2D eigenvalue weighted by atomic mass is 9.97. The molecule has 4 rings (SSSR count). The maximum Gasteiger partial charge on any atom is 0.324 e. The molecule has 0 spiro atoms. The van der Waals surface area contributed by atoms with E-state index in [0.717, 1.165) is 36.3 Å². The van der Waals surface area contributed by atoms with Gasteiger partial charge in [-0.3, -0.25) is 4.79 Å². The Morgan fingerprint density at radius 2 is 2.13 bits per heavy atom. The van der Waals surface area contributed by atoms with Crippen LogP contribution in [0.3, 0.4) is 0 Å². The first-order valence-corrected chi connectivity index (χ1v) is 10.3. The summed E-state index contributed by atoms with van der Waals surface area (Å²) in [5.41, 5.74) is 1.82. The van der Waals surface area contributed by atoms with E-state index >= 15 is 0 Å². The summed E-state index contributed by atoms with van der Waals surface area (Å²) in [5.74, 6) is 1.18. The number of ether oxygens (including phenoxy) is 1. The van der Waals surface area contributed by atoms with Gasteiger partial charge in [-0.1, -0.05) is 28.9 Å². The van der Waals surface area contributed by atoms with E-state index in [2.05, 4.69) is 15.5 Å². The lowest BCUT2D eigenvalue weighted by Gasteiger charge is -2.30. The Morgan fingerprint density at radius 3 is 2.90 bits per heavy atom. The molecule has 1 aromatic heterocycles. The topological polar surface area (TPSA) is 80.5 Å². The van der Waals surface area contributed by atoms with Crippen molar-refractivity contribution in [2.24, 2.45) is 5.92 Å². The Balaban J connectivity index is 1.37. The predicted octanol–water partition coefficient (Wildman–Crippen LogP) is 3.93. The van der Waals surface area contributed by atoms with Gasteiger partial charge in [-0.25, -0.2) is 0 Å². The van der Waals surface area contributed by atoms with Crippen LogP contribution >= 0.6 is 11.6 Å². The Labute approximate surface area is 180 Å². The Kier molecular flexibility index (Phi) is 6.18. The molecular weight excluding hydrogens is 404 g/mol. The van der Waals surface area contributed by atoms with Crippen LogP contribution in [0.15, 0.2) is 53.1 Å².